The summed E-state index contributed by atoms with van der Waals surface area (Å²) < 4.78 is 10.3. The normalized spacial score (nSPS) is 12.9. The summed E-state index contributed by atoms with van der Waals surface area (Å²) in [6.45, 7) is 12.4. The molecular weight excluding hydrogens is 290 g/mol. The molecule has 0 radical (unpaired) electrons. The Balaban J connectivity index is 2.76. The van der Waals surface area contributed by atoms with Crippen LogP contribution in [0, 0.1) is 27.7 Å². The van der Waals surface area contributed by atoms with Crippen molar-refractivity contribution in [1.82, 2.24) is 4.90 Å². The van der Waals surface area contributed by atoms with Crippen molar-refractivity contribution in [3.8, 4) is 0 Å². The largest absolute Gasteiger partial charge is 0.388 e. The van der Waals surface area contributed by atoms with Crippen LogP contribution in [0.25, 0.3) is 0 Å². The van der Waals surface area contributed by atoms with Crippen LogP contribution in [0.1, 0.15) is 40.3 Å². The lowest BCUT2D eigenvalue weighted by Gasteiger charge is -2.25. The average Bonchev–Trinajstić information content (AvgIpc) is 2.52. The van der Waals surface area contributed by atoms with E-state index in [0.717, 1.165) is 31.6 Å². The number of benzene rings is 1. The van der Waals surface area contributed by atoms with Gasteiger partial charge in [0.1, 0.15) is 0 Å². The van der Waals surface area contributed by atoms with Crippen LogP contribution in [-0.4, -0.2) is 57.1 Å². The molecule has 0 spiro atoms. The Morgan fingerprint density at radius 2 is 1.39 bits per heavy atom. The number of methoxy groups -OCH3 is 2. The number of hydrogen-bond donors (Lipinski definition) is 1. The highest BCUT2D eigenvalue weighted by atomic mass is 16.5. The fourth-order valence-corrected chi connectivity index (χ4v) is 2.97. The van der Waals surface area contributed by atoms with Crippen LogP contribution in [0.3, 0.4) is 0 Å². The van der Waals surface area contributed by atoms with Gasteiger partial charge in [0, 0.05) is 33.9 Å². The second kappa shape index (κ2) is 10.0. The van der Waals surface area contributed by atoms with Crippen molar-refractivity contribution in [3.05, 3.63) is 33.9 Å². The number of rotatable bonds is 10. The van der Waals surface area contributed by atoms with Crippen LogP contribution in [-0.2, 0) is 9.47 Å². The fraction of sp³-hybridized carbons (Fsp3) is 0.684. The maximum atomic E-state index is 10.7. The second-order valence-electron chi connectivity index (χ2n) is 6.31. The number of ether oxygens (including phenoxy) is 2. The first-order valence-electron chi connectivity index (χ1n) is 8.38. The molecule has 1 N–H and O–H groups in total. The minimum atomic E-state index is -0.429. The van der Waals surface area contributed by atoms with Gasteiger partial charge < -0.3 is 14.6 Å². The zero-order valence-corrected chi connectivity index (χ0v) is 15.6. The molecule has 1 rings (SSSR count). The average molecular weight is 323 g/mol. The summed E-state index contributed by atoms with van der Waals surface area (Å²) >= 11 is 0. The molecule has 0 aliphatic heterocycles. The van der Waals surface area contributed by atoms with Gasteiger partial charge in [0.25, 0.3) is 0 Å². The lowest BCUT2D eigenvalue weighted by atomic mass is 9.90. The minimum Gasteiger partial charge on any atom is -0.388 e. The van der Waals surface area contributed by atoms with Crippen molar-refractivity contribution in [2.75, 3.05) is 47.1 Å². The van der Waals surface area contributed by atoms with Gasteiger partial charge in [-0.1, -0.05) is 6.07 Å². The standard InChI is InChI=1S/C19H33NO3/c1-14-13-15(2)17(4)19(16(14)3)18(21)7-8-20(9-11-22-5)10-12-23-6/h13,18,21H,7-12H2,1-6H3. The second-order valence-corrected chi connectivity index (χ2v) is 6.31. The monoisotopic (exact) mass is 323 g/mol. The number of aliphatic hydroxyl groups is 1. The summed E-state index contributed by atoms with van der Waals surface area (Å²) in [7, 11) is 3.43. The van der Waals surface area contributed by atoms with Crippen LogP contribution in [0.4, 0.5) is 0 Å². The van der Waals surface area contributed by atoms with Crippen molar-refractivity contribution < 1.29 is 14.6 Å². The number of nitrogens with zero attached hydrogens (tertiary/aromatic N) is 1. The van der Waals surface area contributed by atoms with E-state index in [-0.39, 0.29) is 0 Å². The van der Waals surface area contributed by atoms with Crippen molar-refractivity contribution in [2.45, 2.75) is 40.2 Å². The highest BCUT2D eigenvalue weighted by Gasteiger charge is 2.17. The molecule has 0 aromatic heterocycles. The van der Waals surface area contributed by atoms with Crippen molar-refractivity contribution in [1.29, 1.82) is 0 Å². The summed E-state index contributed by atoms with van der Waals surface area (Å²) in [4.78, 5) is 2.28. The van der Waals surface area contributed by atoms with E-state index in [4.69, 9.17) is 9.47 Å². The summed E-state index contributed by atoms with van der Waals surface area (Å²) in [6, 6.07) is 2.20. The third kappa shape index (κ3) is 5.88. The number of aliphatic hydroxyl groups excluding tert-OH is 1. The molecule has 0 aliphatic rings. The van der Waals surface area contributed by atoms with Crippen LogP contribution >= 0.6 is 0 Å². The molecule has 0 saturated carbocycles. The third-order valence-electron chi connectivity index (χ3n) is 4.70. The van der Waals surface area contributed by atoms with Gasteiger partial charge >= 0.3 is 0 Å². The van der Waals surface area contributed by atoms with Gasteiger partial charge in [0.05, 0.1) is 19.3 Å². The van der Waals surface area contributed by atoms with Crippen LogP contribution < -0.4 is 0 Å². The van der Waals surface area contributed by atoms with Gasteiger partial charge in [-0.15, -0.1) is 0 Å². The van der Waals surface area contributed by atoms with Crippen molar-refractivity contribution >= 4 is 0 Å². The van der Waals surface area contributed by atoms with Gasteiger partial charge in [-0.05, 0) is 61.9 Å². The first kappa shape index (κ1) is 20.1. The van der Waals surface area contributed by atoms with E-state index in [0.29, 0.717) is 13.2 Å². The number of hydrogen-bond acceptors (Lipinski definition) is 4. The van der Waals surface area contributed by atoms with E-state index in [2.05, 4.69) is 38.7 Å². The molecule has 0 fully saturated rings. The molecule has 1 unspecified atom stereocenters. The molecule has 4 heteroatoms. The summed E-state index contributed by atoms with van der Waals surface area (Å²) in [5.74, 6) is 0. The first-order chi connectivity index (χ1) is 10.9. The van der Waals surface area contributed by atoms with Crippen LogP contribution in [0.15, 0.2) is 6.07 Å². The van der Waals surface area contributed by atoms with E-state index in [1.165, 1.54) is 22.3 Å². The third-order valence-corrected chi connectivity index (χ3v) is 4.70. The summed E-state index contributed by atoms with van der Waals surface area (Å²) in [5, 5.41) is 10.7. The van der Waals surface area contributed by atoms with Gasteiger partial charge in [0.15, 0.2) is 0 Å². The van der Waals surface area contributed by atoms with Crippen molar-refractivity contribution in [3.63, 3.8) is 0 Å². The SMILES string of the molecule is COCCN(CCOC)CCC(O)c1c(C)c(C)cc(C)c1C. The molecule has 4 nitrogen and oxygen atoms in total. The van der Waals surface area contributed by atoms with E-state index in [1.54, 1.807) is 14.2 Å². The predicted molar refractivity (Wildman–Crippen MR) is 95.2 cm³/mol. The molecule has 0 aliphatic carbocycles. The predicted octanol–water partition coefficient (Wildman–Crippen LogP) is 2.94. The Bertz CT molecular complexity index is 454. The van der Waals surface area contributed by atoms with Gasteiger partial charge in [-0.2, -0.15) is 0 Å². The Morgan fingerprint density at radius 3 is 1.83 bits per heavy atom. The van der Waals surface area contributed by atoms with E-state index < -0.39 is 6.10 Å². The highest BCUT2D eigenvalue weighted by Crippen LogP contribution is 2.29. The summed E-state index contributed by atoms with van der Waals surface area (Å²) in [6.07, 6.45) is 0.291. The maximum absolute atomic E-state index is 10.7. The molecule has 132 valence electrons. The molecule has 1 aromatic carbocycles. The number of aryl methyl sites for hydroxylation is 2. The minimum absolute atomic E-state index is 0.429. The smallest absolute Gasteiger partial charge is 0.0807 e. The molecule has 1 atom stereocenters. The first-order valence-corrected chi connectivity index (χ1v) is 8.38. The zero-order valence-electron chi connectivity index (χ0n) is 15.6. The molecule has 23 heavy (non-hydrogen) atoms. The van der Waals surface area contributed by atoms with Crippen LogP contribution in [0.2, 0.25) is 0 Å². The van der Waals surface area contributed by atoms with E-state index in [9.17, 15) is 5.11 Å². The van der Waals surface area contributed by atoms with Crippen molar-refractivity contribution in [2.24, 2.45) is 0 Å². The highest BCUT2D eigenvalue weighted by molar-refractivity contribution is 5.45. The van der Waals surface area contributed by atoms with E-state index in [1.807, 2.05) is 0 Å². The Kier molecular flexibility index (Phi) is 8.77. The van der Waals surface area contributed by atoms with Crippen LogP contribution in [0.5, 0.6) is 0 Å². The lowest BCUT2D eigenvalue weighted by Crippen LogP contribution is -2.32. The quantitative estimate of drug-likeness (QED) is 0.719. The summed E-state index contributed by atoms with van der Waals surface area (Å²) in [5.41, 5.74) is 6.01. The topological polar surface area (TPSA) is 41.9 Å². The zero-order chi connectivity index (χ0) is 17.4. The molecule has 0 amide bonds. The van der Waals surface area contributed by atoms with Gasteiger partial charge in [-0.3, -0.25) is 4.90 Å². The molecule has 0 heterocycles. The lowest BCUT2D eigenvalue weighted by molar-refractivity contribution is 0.0941. The molecular formula is C19H33NO3. The Hall–Kier alpha value is -0.940. The van der Waals surface area contributed by atoms with Gasteiger partial charge in [0.2, 0.25) is 0 Å². The molecule has 0 saturated heterocycles. The maximum Gasteiger partial charge on any atom is 0.0807 e. The Morgan fingerprint density at radius 1 is 0.913 bits per heavy atom. The van der Waals surface area contributed by atoms with E-state index >= 15 is 0 Å². The molecule has 0 bridgehead atoms. The fourth-order valence-electron chi connectivity index (χ4n) is 2.97. The Labute approximate surface area is 141 Å². The van der Waals surface area contributed by atoms with Gasteiger partial charge in [-0.25, -0.2) is 0 Å². The molecule has 1 aromatic rings.